The van der Waals surface area contributed by atoms with E-state index in [1.807, 2.05) is 0 Å². The van der Waals surface area contributed by atoms with Crippen molar-refractivity contribution in [2.45, 2.75) is 55.0 Å². The van der Waals surface area contributed by atoms with Gasteiger partial charge in [0.15, 0.2) is 6.61 Å². The van der Waals surface area contributed by atoms with Crippen LogP contribution in [0, 0.1) is 0 Å². The SMILES string of the molecule is O=S(=O)(N[C@H]1CCC[C@@H](n2cnnc2)C1)c1cc(-c2cccc3ccc(OCC(F)(F)F)nc23)cc(C(F)(F)F)c1. The van der Waals surface area contributed by atoms with E-state index in [2.05, 4.69) is 19.9 Å². The molecule has 2 aromatic carbocycles. The Morgan fingerprint density at radius 2 is 1.73 bits per heavy atom. The topological polar surface area (TPSA) is 99.0 Å². The first-order valence-corrected chi connectivity index (χ1v) is 14.0. The second-order valence-electron chi connectivity index (χ2n) is 9.72. The number of halogens is 6. The van der Waals surface area contributed by atoms with Crippen molar-refractivity contribution in [3.8, 4) is 17.0 Å². The first-order valence-electron chi connectivity index (χ1n) is 12.5. The number of fused-ring (bicyclic) bond motifs is 1. The molecule has 1 aliphatic carbocycles. The number of hydrogen-bond acceptors (Lipinski definition) is 6. The molecule has 1 aliphatic rings. The van der Waals surface area contributed by atoms with E-state index >= 15 is 0 Å². The van der Waals surface area contributed by atoms with Gasteiger partial charge in [0.05, 0.1) is 16.0 Å². The summed E-state index contributed by atoms with van der Waals surface area (Å²) < 4.78 is 116. The molecule has 1 fully saturated rings. The van der Waals surface area contributed by atoms with E-state index in [-0.39, 0.29) is 28.6 Å². The van der Waals surface area contributed by atoms with E-state index in [9.17, 15) is 34.8 Å². The van der Waals surface area contributed by atoms with Crippen LogP contribution < -0.4 is 9.46 Å². The number of aromatic nitrogens is 4. The van der Waals surface area contributed by atoms with E-state index in [0.29, 0.717) is 30.7 Å². The Hall–Kier alpha value is -3.72. The first-order chi connectivity index (χ1) is 19.3. The van der Waals surface area contributed by atoms with Gasteiger partial charge in [0, 0.05) is 29.1 Å². The van der Waals surface area contributed by atoms with Crippen molar-refractivity contribution in [1.82, 2.24) is 24.5 Å². The Labute approximate surface area is 230 Å². The Kier molecular flexibility index (Phi) is 7.68. The molecule has 0 spiro atoms. The van der Waals surface area contributed by atoms with Gasteiger partial charge in [-0.2, -0.15) is 26.3 Å². The molecule has 0 unspecified atom stereocenters. The van der Waals surface area contributed by atoms with Gasteiger partial charge < -0.3 is 9.30 Å². The quantitative estimate of drug-likeness (QED) is 0.265. The van der Waals surface area contributed by atoms with Gasteiger partial charge in [0.2, 0.25) is 15.9 Å². The molecule has 4 aromatic rings. The third-order valence-corrected chi connectivity index (χ3v) is 8.26. The van der Waals surface area contributed by atoms with Crippen molar-refractivity contribution in [2.24, 2.45) is 0 Å². The van der Waals surface area contributed by atoms with Crippen LogP contribution in [0.3, 0.4) is 0 Å². The molecule has 0 aliphatic heterocycles. The zero-order chi connectivity index (χ0) is 29.4. The first kappa shape index (κ1) is 28.8. The molecule has 41 heavy (non-hydrogen) atoms. The summed E-state index contributed by atoms with van der Waals surface area (Å²) in [7, 11) is -4.41. The number of ether oxygens (including phenoxy) is 1. The number of hydrogen-bond donors (Lipinski definition) is 1. The van der Waals surface area contributed by atoms with Crippen LogP contribution >= 0.6 is 0 Å². The van der Waals surface area contributed by atoms with E-state index in [4.69, 9.17) is 4.74 Å². The maximum absolute atomic E-state index is 13.9. The molecule has 0 amide bonds. The number of nitrogens with one attached hydrogen (secondary N) is 1. The zero-order valence-corrected chi connectivity index (χ0v) is 22.0. The minimum atomic E-state index is -4.89. The van der Waals surface area contributed by atoms with Crippen molar-refractivity contribution >= 4 is 20.9 Å². The van der Waals surface area contributed by atoms with Crippen LogP contribution in [0.2, 0.25) is 0 Å². The number of rotatable bonds is 7. The van der Waals surface area contributed by atoms with Crippen molar-refractivity contribution < 1.29 is 39.5 Å². The largest absolute Gasteiger partial charge is 0.468 e. The highest BCUT2D eigenvalue weighted by Gasteiger charge is 2.34. The number of alkyl halides is 6. The molecule has 2 heterocycles. The molecule has 0 saturated heterocycles. The van der Waals surface area contributed by atoms with Crippen molar-refractivity contribution in [3.63, 3.8) is 0 Å². The van der Waals surface area contributed by atoms with E-state index in [0.717, 1.165) is 18.6 Å². The van der Waals surface area contributed by atoms with Crippen LogP contribution in [-0.4, -0.2) is 47.0 Å². The van der Waals surface area contributed by atoms with Gasteiger partial charge in [-0.3, -0.25) is 0 Å². The molecule has 5 rings (SSSR count). The van der Waals surface area contributed by atoms with Crippen molar-refractivity contribution in [3.05, 3.63) is 66.7 Å². The average Bonchev–Trinajstić information content (AvgIpc) is 3.46. The number of sulfonamides is 1. The molecule has 15 heteroatoms. The summed E-state index contributed by atoms with van der Waals surface area (Å²) in [4.78, 5) is 3.48. The molecule has 2 atom stereocenters. The van der Waals surface area contributed by atoms with Crippen molar-refractivity contribution in [2.75, 3.05) is 6.61 Å². The highest BCUT2D eigenvalue weighted by Crippen LogP contribution is 2.37. The predicted molar refractivity (Wildman–Crippen MR) is 135 cm³/mol. The standard InChI is InChI=1S/C26H23F6N5O3S/c27-25(28,29)13-40-23-8-7-16-3-1-6-22(24(16)35-23)17-9-18(26(30,31)32)11-21(10-17)41(38,39)36-19-4-2-5-20(12-19)37-14-33-34-15-37/h1,3,6-11,14-15,19-20,36H,2,4-5,12-13H2/t19-,20+/m0/s1. The number of benzene rings is 2. The summed E-state index contributed by atoms with van der Waals surface area (Å²) in [6.07, 6.45) is -4.10. The lowest BCUT2D eigenvalue weighted by Gasteiger charge is -2.30. The molecular weight excluding hydrogens is 576 g/mol. The van der Waals surface area contributed by atoms with Gasteiger partial charge in [-0.05, 0) is 55.5 Å². The van der Waals surface area contributed by atoms with Crippen LogP contribution in [0.5, 0.6) is 5.88 Å². The lowest BCUT2D eigenvalue weighted by atomic mass is 9.91. The zero-order valence-electron chi connectivity index (χ0n) is 21.2. The Balaban J connectivity index is 1.52. The average molecular weight is 600 g/mol. The van der Waals surface area contributed by atoms with E-state index in [1.54, 1.807) is 10.6 Å². The van der Waals surface area contributed by atoms with Crippen LogP contribution in [0.1, 0.15) is 37.3 Å². The minimum Gasteiger partial charge on any atom is -0.468 e. The molecule has 0 radical (unpaired) electrons. The Bertz CT molecular complexity index is 1640. The van der Waals surface area contributed by atoms with Gasteiger partial charge >= 0.3 is 12.4 Å². The fourth-order valence-corrected chi connectivity index (χ4v) is 6.25. The summed E-state index contributed by atoms with van der Waals surface area (Å²) in [6.45, 7) is -1.61. The summed E-state index contributed by atoms with van der Waals surface area (Å²) in [5.41, 5.74) is -1.19. The van der Waals surface area contributed by atoms with Crippen LogP contribution in [-0.2, 0) is 16.2 Å². The second-order valence-corrected chi connectivity index (χ2v) is 11.4. The molecule has 218 valence electrons. The summed E-state index contributed by atoms with van der Waals surface area (Å²) in [5, 5.41) is 7.94. The lowest BCUT2D eigenvalue weighted by Crippen LogP contribution is -2.38. The summed E-state index contributed by atoms with van der Waals surface area (Å²) in [5.74, 6) is -0.385. The van der Waals surface area contributed by atoms with Crippen LogP contribution in [0.4, 0.5) is 26.3 Å². The smallest absolute Gasteiger partial charge is 0.422 e. The van der Waals surface area contributed by atoms with Gasteiger partial charge in [-0.25, -0.2) is 18.1 Å². The monoisotopic (exact) mass is 599 g/mol. The number of para-hydroxylation sites is 1. The normalized spacial score (nSPS) is 18.5. The molecule has 0 bridgehead atoms. The fraction of sp³-hybridized carbons (Fsp3) is 0.346. The minimum absolute atomic E-state index is 0.0480. The third kappa shape index (κ3) is 6.78. The van der Waals surface area contributed by atoms with Gasteiger partial charge in [-0.1, -0.05) is 18.2 Å². The fourth-order valence-electron chi connectivity index (χ4n) is 4.90. The predicted octanol–water partition coefficient (Wildman–Crippen LogP) is 5.92. The molecule has 1 saturated carbocycles. The van der Waals surface area contributed by atoms with Crippen LogP contribution in [0.15, 0.2) is 66.1 Å². The highest BCUT2D eigenvalue weighted by molar-refractivity contribution is 7.89. The van der Waals surface area contributed by atoms with Crippen LogP contribution in [0.25, 0.3) is 22.0 Å². The lowest BCUT2D eigenvalue weighted by molar-refractivity contribution is -0.154. The summed E-state index contributed by atoms with van der Waals surface area (Å²) >= 11 is 0. The summed E-state index contributed by atoms with van der Waals surface area (Å²) in [6, 6.07) is 8.96. The number of pyridine rings is 1. The van der Waals surface area contributed by atoms with E-state index in [1.165, 1.54) is 36.9 Å². The maximum Gasteiger partial charge on any atom is 0.422 e. The highest BCUT2D eigenvalue weighted by atomic mass is 32.2. The van der Waals surface area contributed by atoms with Gasteiger partial charge in [0.25, 0.3) is 0 Å². The van der Waals surface area contributed by atoms with Crippen molar-refractivity contribution in [1.29, 1.82) is 0 Å². The molecule has 8 nitrogen and oxygen atoms in total. The Morgan fingerprint density at radius 1 is 0.976 bits per heavy atom. The molecular formula is C26H23F6N5O3S. The van der Waals surface area contributed by atoms with E-state index < -0.39 is 45.5 Å². The molecule has 2 aromatic heterocycles. The second kappa shape index (κ2) is 10.9. The third-order valence-electron chi connectivity index (χ3n) is 6.76. The maximum atomic E-state index is 13.9. The van der Waals surface area contributed by atoms with Gasteiger partial charge in [0.1, 0.15) is 12.7 Å². The Morgan fingerprint density at radius 3 is 2.44 bits per heavy atom. The molecule has 1 N–H and O–H groups in total. The number of nitrogens with zero attached hydrogens (tertiary/aromatic N) is 4. The van der Waals surface area contributed by atoms with Gasteiger partial charge in [-0.15, -0.1) is 10.2 Å².